The summed E-state index contributed by atoms with van der Waals surface area (Å²) < 4.78 is 5.01. The van der Waals surface area contributed by atoms with E-state index in [0.29, 0.717) is 0 Å². The standard InChI is InChI=1S/C52H34N2S/c1-2-18-40-36(14-1)15-12-27-46(40)53(50-28-13-23-45-44-22-6-10-29-51(44)55-52(45)50)39-32-30-35(31-33-39)37-16-11-17-38(34-37)41-19-3-7-24-47(41)54-48-25-8-4-20-42(48)43-21-5-9-26-49(43)54/h1-34H. The van der Waals surface area contributed by atoms with Crippen molar-refractivity contribution in [3.05, 3.63) is 206 Å². The summed E-state index contributed by atoms with van der Waals surface area (Å²) in [5.74, 6) is 0. The zero-order chi connectivity index (χ0) is 36.3. The van der Waals surface area contributed by atoms with Gasteiger partial charge >= 0.3 is 0 Å². The molecule has 2 heterocycles. The van der Waals surface area contributed by atoms with Crippen LogP contribution in [0.25, 0.3) is 80.7 Å². The first-order chi connectivity index (χ1) is 27.3. The molecule has 0 unspecified atom stereocenters. The second-order valence-electron chi connectivity index (χ2n) is 14.1. The molecular weight excluding hydrogens is 685 g/mol. The number of hydrogen-bond acceptors (Lipinski definition) is 2. The molecule has 0 radical (unpaired) electrons. The van der Waals surface area contributed by atoms with E-state index in [2.05, 4.69) is 216 Å². The van der Waals surface area contributed by atoms with Gasteiger partial charge in [-0.3, -0.25) is 0 Å². The fourth-order valence-electron chi connectivity index (χ4n) is 8.48. The molecule has 55 heavy (non-hydrogen) atoms. The van der Waals surface area contributed by atoms with Gasteiger partial charge in [0.05, 0.1) is 32.8 Å². The Labute approximate surface area is 323 Å². The number of fused-ring (bicyclic) bond motifs is 7. The average Bonchev–Trinajstić information content (AvgIpc) is 3.81. The lowest BCUT2D eigenvalue weighted by molar-refractivity contribution is 1.18. The van der Waals surface area contributed by atoms with Crippen molar-refractivity contribution in [2.75, 3.05) is 4.90 Å². The molecule has 0 fully saturated rings. The third kappa shape index (κ3) is 5.16. The summed E-state index contributed by atoms with van der Waals surface area (Å²) in [5, 5.41) is 7.57. The third-order valence-electron chi connectivity index (χ3n) is 11.0. The molecule has 0 aliphatic heterocycles. The van der Waals surface area contributed by atoms with Crippen LogP contribution in [-0.4, -0.2) is 4.57 Å². The van der Waals surface area contributed by atoms with Crippen molar-refractivity contribution < 1.29 is 0 Å². The Bertz CT molecular complexity index is 3160. The van der Waals surface area contributed by atoms with Crippen molar-refractivity contribution in [1.29, 1.82) is 0 Å². The number of hydrogen-bond donors (Lipinski definition) is 0. The predicted molar refractivity (Wildman–Crippen MR) is 237 cm³/mol. The number of aromatic nitrogens is 1. The molecule has 0 atom stereocenters. The second-order valence-corrected chi connectivity index (χ2v) is 15.2. The zero-order valence-electron chi connectivity index (χ0n) is 29.9. The molecule has 9 aromatic carbocycles. The van der Waals surface area contributed by atoms with Crippen molar-refractivity contribution in [1.82, 2.24) is 4.57 Å². The number of para-hydroxylation sites is 3. The molecular formula is C52H34N2S. The van der Waals surface area contributed by atoms with E-state index in [-0.39, 0.29) is 0 Å². The van der Waals surface area contributed by atoms with Crippen molar-refractivity contribution in [3.63, 3.8) is 0 Å². The Balaban J connectivity index is 1.03. The minimum atomic E-state index is 1.12. The Morgan fingerprint density at radius 2 is 0.964 bits per heavy atom. The minimum Gasteiger partial charge on any atom is -0.309 e. The summed E-state index contributed by atoms with van der Waals surface area (Å²) in [5.41, 5.74) is 11.8. The van der Waals surface area contributed by atoms with Gasteiger partial charge in [-0.1, -0.05) is 152 Å². The summed E-state index contributed by atoms with van der Waals surface area (Å²) in [4.78, 5) is 2.45. The van der Waals surface area contributed by atoms with Gasteiger partial charge in [0.1, 0.15) is 0 Å². The van der Waals surface area contributed by atoms with Gasteiger partial charge in [0.25, 0.3) is 0 Å². The molecule has 0 aliphatic carbocycles. The lowest BCUT2D eigenvalue weighted by Crippen LogP contribution is -2.10. The normalized spacial score (nSPS) is 11.6. The van der Waals surface area contributed by atoms with Crippen LogP contribution in [-0.2, 0) is 0 Å². The van der Waals surface area contributed by atoms with E-state index >= 15 is 0 Å². The molecule has 0 saturated heterocycles. The predicted octanol–water partition coefficient (Wildman–Crippen LogP) is 15.1. The smallest absolute Gasteiger partial charge is 0.0640 e. The van der Waals surface area contributed by atoms with Crippen LogP contribution in [0.15, 0.2) is 206 Å². The lowest BCUT2D eigenvalue weighted by Gasteiger charge is -2.27. The van der Waals surface area contributed by atoms with Gasteiger partial charge in [-0.25, -0.2) is 0 Å². The minimum absolute atomic E-state index is 1.12. The largest absolute Gasteiger partial charge is 0.309 e. The first kappa shape index (κ1) is 31.6. The van der Waals surface area contributed by atoms with E-state index < -0.39 is 0 Å². The van der Waals surface area contributed by atoms with Crippen LogP contribution in [0.3, 0.4) is 0 Å². The molecule has 258 valence electrons. The topological polar surface area (TPSA) is 8.17 Å². The molecule has 0 aliphatic rings. The van der Waals surface area contributed by atoms with Gasteiger partial charge < -0.3 is 9.47 Å². The van der Waals surface area contributed by atoms with Crippen LogP contribution < -0.4 is 4.90 Å². The van der Waals surface area contributed by atoms with Crippen LogP contribution in [0.2, 0.25) is 0 Å². The third-order valence-corrected chi connectivity index (χ3v) is 12.2. The van der Waals surface area contributed by atoms with Gasteiger partial charge in [-0.15, -0.1) is 11.3 Å². The fourth-order valence-corrected chi connectivity index (χ4v) is 9.69. The SMILES string of the molecule is c1cc(-c2ccc(N(c3cccc4ccccc34)c3cccc4c3sc3ccccc34)cc2)cc(-c2ccccc2-n2c3ccccc3c3ccccc32)c1. The van der Waals surface area contributed by atoms with Gasteiger partial charge in [0.15, 0.2) is 0 Å². The summed E-state index contributed by atoms with van der Waals surface area (Å²) in [6, 6.07) is 75.1. The van der Waals surface area contributed by atoms with Gasteiger partial charge in [0, 0.05) is 42.9 Å². The number of rotatable bonds is 6. The van der Waals surface area contributed by atoms with E-state index in [4.69, 9.17) is 0 Å². The van der Waals surface area contributed by atoms with Gasteiger partial charge in [-0.2, -0.15) is 0 Å². The summed E-state index contributed by atoms with van der Waals surface area (Å²) >= 11 is 1.87. The molecule has 0 bridgehead atoms. The summed E-state index contributed by atoms with van der Waals surface area (Å²) in [7, 11) is 0. The number of thiophene rings is 1. The molecule has 0 spiro atoms. The molecule has 2 nitrogen and oxygen atoms in total. The maximum absolute atomic E-state index is 2.45. The highest BCUT2D eigenvalue weighted by Gasteiger charge is 2.20. The van der Waals surface area contributed by atoms with Crippen molar-refractivity contribution in [2.24, 2.45) is 0 Å². The van der Waals surface area contributed by atoms with Gasteiger partial charge in [-0.05, 0) is 76.7 Å². The Morgan fingerprint density at radius 3 is 1.78 bits per heavy atom. The Kier molecular flexibility index (Phi) is 7.39. The lowest BCUT2D eigenvalue weighted by atomic mass is 9.97. The molecule has 0 saturated carbocycles. The summed E-state index contributed by atoms with van der Waals surface area (Å²) in [6.07, 6.45) is 0. The maximum atomic E-state index is 2.45. The van der Waals surface area contributed by atoms with Gasteiger partial charge in [0.2, 0.25) is 0 Å². The van der Waals surface area contributed by atoms with Crippen LogP contribution in [0.4, 0.5) is 17.1 Å². The number of anilines is 3. The van der Waals surface area contributed by atoms with E-state index in [0.717, 1.165) is 5.69 Å². The molecule has 2 aromatic heterocycles. The van der Waals surface area contributed by atoms with Crippen LogP contribution in [0.5, 0.6) is 0 Å². The maximum Gasteiger partial charge on any atom is 0.0640 e. The van der Waals surface area contributed by atoms with Crippen molar-refractivity contribution >= 4 is 81.1 Å². The highest BCUT2D eigenvalue weighted by Crippen LogP contribution is 2.46. The van der Waals surface area contributed by atoms with E-state index in [1.165, 1.54) is 92.1 Å². The zero-order valence-corrected chi connectivity index (χ0v) is 30.7. The Hall–Kier alpha value is -6.94. The monoisotopic (exact) mass is 718 g/mol. The average molecular weight is 719 g/mol. The van der Waals surface area contributed by atoms with Crippen LogP contribution in [0.1, 0.15) is 0 Å². The van der Waals surface area contributed by atoms with Crippen molar-refractivity contribution in [2.45, 2.75) is 0 Å². The van der Waals surface area contributed by atoms with E-state index in [1.54, 1.807) is 0 Å². The number of benzene rings is 9. The first-order valence-corrected chi connectivity index (χ1v) is 19.6. The molecule has 11 aromatic rings. The van der Waals surface area contributed by atoms with Crippen molar-refractivity contribution in [3.8, 4) is 27.9 Å². The van der Waals surface area contributed by atoms with E-state index in [1.807, 2.05) is 11.3 Å². The number of nitrogens with zero attached hydrogens (tertiary/aromatic N) is 2. The first-order valence-electron chi connectivity index (χ1n) is 18.8. The van der Waals surface area contributed by atoms with Crippen LogP contribution >= 0.6 is 11.3 Å². The van der Waals surface area contributed by atoms with E-state index in [9.17, 15) is 0 Å². The molecule has 3 heteroatoms. The Morgan fingerprint density at radius 1 is 0.382 bits per heavy atom. The highest BCUT2D eigenvalue weighted by molar-refractivity contribution is 7.26. The molecule has 0 amide bonds. The van der Waals surface area contributed by atoms with Crippen LogP contribution in [0, 0.1) is 0 Å². The second kappa shape index (κ2) is 12.9. The highest BCUT2D eigenvalue weighted by atomic mass is 32.1. The quantitative estimate of drug-likeness (QED) is 0.166. The fraction of sp³-hybridized carbons (Fsp3) is 0. The summed E-state index contributed by atoms with van der Waals surface area (Å²) in [6.45, 7) is 0. The molecule has 0 N–H and O–H groups in total. The molecule has 11 rings (SSSR count).